The minimum absolute atomic E-state index is 1.09. The molecule has 0 N–H and O–H groups in total. The summed E-state index contributed by atoms with van der Waals surface area (Å²) in [7, 11) is 0. The van der Waals surface area contributed by atoms with Gasteiger partial charge < -0.3 is 0 Å². The molecule has 0 atom stereocenters. The molecule has 1 rings (SSSR count). The van der Waals surface area contributed by atoms with Gasteiger partial charge in [0.15, 0.2) is 0 Å². The van der Waals surface area contributed by atoms with Crippen molar-refractivity contribution in [3.63, 3.8) is 0 Å². The SMILES string of the molecule is CCCCCCCCCCCCCCCCc1cnccn1. The summed E-state index contributed by atoms with van der Waals surface area (Å²) in [5.41, 5.74) is 1.14. The third-order valence-corrected chi connectivity index (χ3v) is 4.40. The van der Waals surface area contributed by atoms with Gasteiger partial charge >= 0.3 is 0 Å². The van der Waals surface area contributed by atoms with E-state index < -0.39 is 0 Å². The smallest absolute Gasteiger partial charge is 0.0586 e. The van der Waals surface area contributed by atoms with Crippen molar-refractivity contribution in [3.05, 3.63) is 24.3 Å². The summed E-state index contributed by atoms with van der Waals surface area (Å²) >= 11 is 0. The van der Waals surface area contributed by atoms with Crippen LogP contribution in [0.25, 0.3) is 0 Å². The first-order valence-electron chi connectivity index (χ1n) is 9.68. The Balaban J connectivity index is 1.73. The third-order valence-electron chi connectivity index (χ3n) is 4.40. The number of nitrogens with zero attached hydrogens (tertiary/aromatic N) is 2. The maximum atomic E-state index is 4.32. The lowest BCUT2D eigenvalue weighted by molar-refractivity contribution is 0.535. The Morgan fingerprint density at radius 3 is 1.59 bits per heavy atom. The highest BCUT2D eigenvalue weighted by atomic mass is 14.8. The molecule has 0 aliphatic rings. The molecule has 1 heterocycles. The molecule has 126 valence electrons. The first-order valence-corrected chi connectivity index (χ1v) is 9.68. The minimum Gasteiger partial charge on any atom is -0.261 e. The van der Waals surface area contributed by atoms with Crippen LogP contribution in [0.2, 0.25) is 0 Å². The lowest BCUT2D eigenvalue weighted by Gasteiger charge is -2.03. The van der Waals surface area contributed by atoms with Gasteiger partial charge in [-0.15, -0.1) is 0 Å². The van der Waals surface area contributed by atoms with Crippen LogP contribution in [0, 0.1) is 0 Å². The number of aromatic nitrogens is 2. The highest BCUT2D eigenvalue weighted by Crippen LogP contribution is 2.13. The first kappa shape index (κ1) is 19.1. The highest BCUT2D eigenvalue weighted by molar-refractivity contribution is 4.94. The van der Waals surface area contributed by atoms with Gasteiger partial charge in [-0.05, 0) is 12.8 Å². The Morgan fingerprint density at radius 2 is 1.14 bits per heavy atom. The lowest BCUT2D eigenvalue weighted by Crippen LogP contribution is -1.90. The zero-order chi connectivity index (χ0) is 15.7. The van der Waals surface area contributed by atoms with Gasteiger partial charge in [-0.1, -0.05) is 90.4 Å². The normalized spacial score (nSPS) is 11.0. The molecule has 2 heteroatoms. The second-order valence-electron chi connectivity index (χ2n) is 6.54. The summed E-state index contributed by atoms with van der Waals surface area (Å²) in [5, 5.41) is 0. The van der Waals surface area contributed by atoms with Crippen molar-refractivity contribution in [2.45, 2.75) is 103 Å². The standard InChI is InChI=1S/C20H36N2/c1-2-3-4-5-6-7-8-9-10-11-12-13-14-15-16-20-19-21-17-18-22-20/h17-19H,2-16H2,1H3. The molecular formula is C20H36N2. The van der Waals surface area contributed by atoms with Gasteiger partial charge in [0.1, 0.15) is 0 Å². The van der Waals surface area contributed by atoms with E-state index in [9.17, 15) is 0 Å². The zero-order valence-electron chi connectivity index (χ0n) is 14.7. The van der Waals surface area contributed by atoms with Crippen molar-refractivity contribution in [2.24, 2.45) is 0 Å². The number of aryl methyl sites for hydroxylation is 1. The number of hydrogen-bond donors (Lipinski definition) is 0. The van der Waals surface area contributed by atoms with Crippen molar-refractivity contribution < 1.29 is 0 Å². The van der Waals surface area contributed by atoms with E-state index in [4.69, 9.17) is 0 Å². The van der Waals surface area contributed by atoms with Crippen LogP contribution in [0.5, 0.6) is 0 Å². The molecule has 2 nitrogen and oxygen atoms in total. The monoisotopic (exact) mass is 304 g/mol. The predicted molar refractivity (Wildman–Crippen MR) is 96.0 cm³/mol. The highest BCUT2D eigenvalue weighted by Gasteiger charge is 1.96. The summed E-state index contributed by atoms with van der Waals surface area (Å²) in [6, 6.07) is 0. The van der Waals surface area contributed by atoms with Gasteiger partial charge in [0.2, 0.25) is 0 Å². The number of hydrogen-bond acceptors (Lipinski definition) is 2. The molecular weight excluding hydrogens is 268 g/mol. The molecule has 0 spiro atoms. The number of rotatable bonds is 15. The molecule has 0 fully saturated rings. The fourth-order valence-electron chi connectivity index (χ4n) is 2.96. The Hall–Kier alpha value is -0.920. The van der Waals surface area contributed by atoms with E-state index in [1.807, 2.05) is 6.20 Å². The molecule has 22 heavy (non-hydrogen) atoms. The average Bonchev–Trinajstić information content (AvgIpc) is 2.56. The fourth-order valence-corrected chi connectivity index (χ4v) is 2.96. The van der Waals surface area contributed by atoms with Crippen molar-refractivity contribution in [1.82, 2.24) is 9.97 Å². The van der Waals surface area contributed by atoms with Crippen molar-refractivity contribution in [3.8, 4) is 0 Å². The van der Waals surface area contributed by atoms with Crippen LogP contribution in [0.15, 0.2) is 18.6 Å². The molecule has 0 saturated carbocycles. The molecule has 0 unspecified atom stereocenters. The number of unbranched alkanes of at least 4 members (excludes halogenated alkanes) is 13. The van der Waals surface area contributed by atoms with E-state index in [-0.39, 0.29) is 0 Å². The van der Waals surface area contributed by atoms with Gasteiger partial charge in [-0.2, -0.15) is 0 Å². The Labute approximate surface area is 138 Å². The second-order valence-corrected chi connectivity index (χ2v) is 6.54. The third kappa shape index (κ3) is 11.7. The van der Waals surface area contributed by atoms with Crippen molar-refractivity contribution in [1.29, 1.82) is 0 Å². The molecule has 0 aliphatic carbocycles. The van der Waals surface area contributed by atoms with Crippen LogP contribution < -0.4 is 0 Å². The molecule has 0 saturated heterocycles. The van der Waals surface area contributed by atoms with Crippen molar-refractivity contribution in [2.75, 3.05) is 0 Å². The van der Waals surface area contributed by atoms with Crippen LogP contribution in [-0.2, 0) is 6.42 Å². The van der Waals surface area contributed by atoms with Crippen LogP contribution >= 0.6 is 0 Å². The summed E-state index contributed by atoms with van der Waals surface area (Å²) in [4.78, 5) is 8.42. The van der Waals surface area contributed by atoms with E-state index in [1.54, 1.807) is 12.4 Å². The van der Waals surface area contributed by atoms with Crippen LogP contribution in [-0.4, -0.2) is 9.97 Å². The van der Waals surface area contributed by atoms with Crippen LogP contribution in [0.3, 0.4) is 0 Å². The van der Waals surface area contributed by atoms with Gasteiger partial charge in [0.05, 0.1) is 5.69 Å². The summed E-state index contributed by atoms with van der Waals surface area (Å²) in [6.45, 7) is 2.29. The average molecular weight is 305 g/mol. The summed E-state index contributed by atoms with van der Waals surface area (Å²) in [5.74, 6) is 0. The molecule has 0 radical (unpaired) electrons. The molecule has 0 aliphatic heterocycles. The van der Waals surface area contributed by atoms with Gasteiger partial charge in [-0.25, -0.2) is 0 Å². The Morgan fingerprint density at radius 1 is 0.636 bits per heavy atom. The maximum absolute atomic E-state index is 4.32. The van der Waals surface area contributed by atoms with Crippen LogP contribution in [0.4, 0.5) is 0 Å². The van der Waals surface area contributed by atoms with Gasteiger partial charge in [0, 0.05) is 18.6 Å². The maximum Gasteiger partial charge on any atom is 0.0586 e. The molecule has 0 bridgehead atoms. The zero-order valence-corrected chi connectivity index (χ0v) is 14.7. The predicted octanol–water partition coefficient (Wildman–Crippen LogP) is 6.50. The molecule has 0 amide bonds. The van der Waals surface area contributed by atoms with Gasteiger partial charge in [0.25, 0.3) is 0 Å². The minimum atomic E-state index is 1.09. The summed E-state index contributed by atoms with van der Waals surface area (Å²) in [6.07, 6.45) is 26.3. The van der Waals surface area contributed by atoms with E-state index in [0.29, 0.717) is 0 Å². The first-order chi connectivity index (χ1) is 10.9. The van der Waals surface area contributed by atoms with E-state index >= 15 is 0 Å². The molecule has 1 aromatic heterocycles. The van der Waals surface area contributed by atoms with Gasteiger partial charge in [-0.3, -0.25) is 9.97 Å². The second kappa shape index (κ2) is 15.0. The van der Waals surface area contributed by atoms with E-state index in [2.05, 4.69) is 16.9 Å². The Kier molecular flexibility index (Phi) is 13.0. The van der Waals surface area contributed by atoms with Crippen LogP contribution in [0.1, 0.15) is 103 Å². The summed E-state index contributed by atoms with van der Waals surface area (Å²) < 4.78 is 0. The lowest BCUT2D eigenvalue weighted by atomic mass is 10.0. The van der Waals surface area contributed by atoms with E-state index in [0.717, 1.165) is 12.1 Å². The van der Waals surface area contributed by atoms with Crippen molar-refractivity contribution >= 4 is 0 Å². The fraction of sp³-hybridized carbons (Fsp3) is 0.800. The largest absolute Gasteiger partial charge is 0.261 e. The molecule has 1 aromatic rings. The topological polar surface area (TPSA) is 25.8 Å². The van der Waals surface area contributed by atoms with E-state index in [1.165, 1.54) is 89.9 Å². The molecule has 0 aromatic carbocycles. The quantitative estimate of drug-likeness (QED) is 0.346. The Bertz CT molecular complexity index is 324.